The molecule has 3 aromatic carbocycles. The van der Waals surface area contributed by atoms with Crippen LogP contribution in [-0.2, 0) is 4.79 Å². The molecular formula is C22H15FN4O4S. The van der Waals surface area contributed by atoms with Gasteiger partial charge in [-0.2, -0.15) is 0 Å². The van der Waals surface area contributed by atoms with Crippen LogP contribution >= 0.6 is 11.8 Å². The van der Waals surface area contributed by atoms with Gasteiger partial charge in [-0.25, -0.2) is 9.37 Å². The third-order valence-electron chi connectivity index (χ3n) is 4.54. The van der Waals surface area contributed by atoms with Gasteiger partial charge >= 0.3 is 0 Å². The Morgan fingerprint density at radius 2 is 1.75 bits per heavy atom. The number of para-hydroxylation sites is 3. The van der Waals surface area contributed by atoms with Gasteiger partial charge in [0.15, 0.2) is 5.16 Å². The normalized spacial score (nSPS) is 10.8. The lowest BCUT2D eigenvalue weighted by Crippen LogP contribution is -2.23. The summed E-state index contributed by atoms with van der Waals surface area (Å²) in [6.07, 6.45) is 0. The molecule has 1 heterocycles. The van der Waals surface area contributed by atoms with Gasteiger partial charge in [-0.1, -0.05) is 36.0 Å². The summed E-state index contributed by atoms with van der Waals surface area (Å²) in [5.41, 5.74) is 0.348. The number of nitrogens with one attached hydrogen (secondary N) is 1. The Hall–Kier alpha value is -4.05. The summed E-state index contributed by atoms with van der Waals surface area (Å²) < 4.78 is 14.7. The fourth-order valence-electron chi connectivity index (χ4n) is 3.08. The Labute approximate surface area is 184 Å². The summed E-state index contributed by atoms with van der Waals surface area (Å²) in [6, 6.07) is 17.9. The van der Waals surface area contributed by atoms with Gasteiger partial charge in [-0.15, -0.1) is 0 Å². The van der Waals surface area contributed by atoms with Crippen molar-refractivity contribution in [2.75, 3.05) is 11.1 Å². The number of rotatable bonds is 6. The molecule has 1 N–H and O–H groups in total. The highest BCUT2D eigenvalue weighted by Gasteiger charge is 2.17. The van der Waals surface area contributed by atoms with E-state index in [2.05, 4.69) is 10.3 Å². The minimum atomic E-state index is -0.583. The molecule has 0 atom stereocenters. The minimum Gasteiger partial charge on any atom is -0.320 e. The third-order valence-corrected chi connectivity index (χ3v) is 5.48. The van der Waals surface area contributed by atoms with Crippen molar-refractivity contribution in [3.8, 4) is 5.69 Å². The number of carbonyl (C=O) groups excluding carboxylic acids is 1. The van der Waals surface area contributed by atoms with Crippen molar-refractivity contribution >= 4 is 39.9 Å². The number of nitrogens with zero attached hydrogens (tertiary/aromatic N) is 3. The zero-order chi connectivity index (χ0) is 22.7. The van der Waals surface area contributed by atoms with Gasteiger partial charge in [0.05, 0.1) is 27.3 Å². The lowest BCUT2D eigenvalue weighted by molar-refractivity contribution is -0.383. The predicted octanol–water partition coefficient (Wildman–Crippen LogP) is 4.16. The molecule has 0 radical (unpaired) electrons. The fourth-order valence-corrected chi connectivity index (χ4v) is 3.89. The number of thioether (sulfide) groups is 1. The molecule has 0 aliphatic rings. The van der Waals surface area contributed by atoms with Crippen LogP contribution in [0.1, 0.15) is 0 Å². The molecule has 8 nitrogen and oxygen atoms in total. The first-order valence-electron chi connectivity index (χ1n) is 9.38. The zero-order valence-electron chi connectivity index (χ0n) is 16.4. The largest absolute Gasteiger partial charge is 0.320 e. The molecular weight excluding hydrogens is 435 g/mol. The number of carbonyl (C=O) groups is 1. The quantitative estimate of drug-likeness (QED) is 0.205. The highest BCUT2D eigenvalue weighted by atomic mass is 32.2. The molecule has 1 aromatic heterocycles. The van der Waals surface area contributed by atoms with Crippen LogP contribution in [0.5, 0.6) is 0 Å². The lowest BCUT2D eigenvalue weighted by atomic mass is 10.2. The van der Waals surface area contributed by atoms with Crippen molar-refractivity contribution in [3.63, 3.8) is 0 Å². The number of benzene rings is 3. The van der Waals surface area contributed by atoms with Gasteiger partial charge in [0, 0.05) is 6.07 Å². The van der Waals surface area contributed by atoms with E-state index >= 15 is 0 Å². The average molecular weight is 450 g/mol. The number of hydrogen-bond donors (Lipinski definition) is 1. The van der Waals surface area contributed by atoms with E-state index in [9.17, 15) is 24.1 Å². The van der Waals surface area contributed by atoms with Crippen LogP contribution in [0.2, 0.25) is 0 Å². The van der Waals surface area contributed by atoms with Gasteiger partial charge in [0.25, 0.3) is 11.2 Å². The highest BCUT2D eigenvalue weighted by molar-refractivity contribution is 7.99. The molecule has 0 aliphatic heterocycles. The highest BCUT2D eigenvalue weighted by Crippen LogP contribution is 2.25. The standard InChI is InChI=1S/C22H15FN4O4S/c23-14-9-11-15(12-10-14)26-21(29)16-5-1-2-6-17(16)25-22(26)32-13-20(28)24-18-7-3-4-8-19(18)27(30)31/h1-12H,13H2,(H,24,28). The van der Waals surface area contributed by atoms with E-state index in [1.807, 2.05) is 0 Å². The maximum atomic E-state index is 13.4. The van der Waals surface area contributed by atoms with Crippen molar-refractivity contribution in [1.82, 2.24) is 9.55 Å². The first-order valence-corrected chi connectivity index (χ1v) is 10.4. The number of nitro groups is 1. The second-order valence-electron chi connectivity index (χ2n) is 6.64. The fraction of sp³-hybridized carbons (Fsp3) is 0.0455. The number of nitro benzene ring substituents is 1. The molecule has 32 heavy (non-hydrogen) atoms. The molecule has 0 saturated heterocycles. The number of amides is 1. The summed E-state index contributed by atoms with van der Waals surface area (Å²) in [5.74, 6) is -1.11. The van der Waals surface area contributed by atoms with Crippen molar-refractivity contribution in [2.24, 2.45) is 0 Å². The summed E-state index contributed by atoms with van der Waals surface area (Å²) in [6.45, 7) is 0. The maximum Gasteiger partial charge on any atom is 0.292 e. The first-order chi connectivity index (χ1) is 15.4. The van der Waals surface area contributed by atoms with Crippen LogP contribution in [0.3, 0.4) is 0 Å². The van der Waals surface area contributed by atoms with Crippen molar-refractivity contribution in [1.29, 1.82) is 0 Å². The smallest absolute Gasteiger partial charge is 0.292 e. The Morgan fingerprint density at radius 3 is 2.50 bits per heavy atom. The molecule has 0 fully saturated rings. The average Bonchev–Trinajstić information content (AvgIpc) is 2.79. The summed E-state index contributed by atoms with van der Waals surface area (Å²) >= 11 is 0.993. The second-order valence-corrected chi connectivity index (χ2v) is 7.58. The molecule has 0 bridgehead atoms. The van der Waals surface area contributed by atoms with E-state index in [-0.39, 0.29) is 27.8 Å². The molecule has 160 valence electrons. The summed E-state index contributed by atoms with van der Waals surface area (Å²) in [7, 11) is 0. The Balaban J connectivity index is 1.66. The van der Waals surface area contributed by atoms with E-state index in [0.29, 0.717) is 16.6 Å². The molecule has 0 saturated carbocycles. The van der Waals surface area contributed by atoms with E-state index in [1.54, 1.807) is 30.3 Å². The SMILES string of the molecule is O=C(CSc1nc2ccccc2c(=O)n1-c1ccc(F)cc1)Nc1ccccc1[N+](=O)[O-]. The third kappa shape index (κ3) is 4.35. The second kappa shape index (κ2) is 8.98. The van der Waals surface area contributed by atoms with Crippen LogP contribution in [0.4, 0.5) is 15.8 Å². The molecule has 0 unspecified atom stereocenters. The van der Waals surface area contributed by atoms with Gasteiger partial charge in [-0.3, -0.25) is 24.3 Å². The van der Waals surface area contributed by atoms with Crippen LogP contribution in [0.25, 0.3) is 16.6 Å². The topological polar surface area (TPSA) is 107 Å². The number of anilines is 1. The monoisotopic (exact) mass is 450 g/mol. The number of hydrogen-bond acceptors (Lipinski definition) is 6. The predicted molar refractivity (Wildman–Crippen MR) is 120 cm³/mol. The molecule has 1 amide bonds. The van der Waals surface area contributed by atoms with Crippen molar-refractivity contribution < 1.29 is 14.1 Å². The van der Waals surface area contributed by atoms with Crippen molar-refractivity contribution in [3.05, 3.63) is 99.1 Å². The van der Waals surface area contributed by atoms with Crippen LogP contribution in [0, 0.1) is 15.9 Å². The van der Waals surface area contributed by atoms with Crippen LogP contribution < -0.4 is 10.9 Å². The van der Waals surface area contributed by atoms with Crippen molar-refractivity contribution in [2.45, 2.75) is 5.16 Å². The van der Waals surface area contributed by atoms with E-state index in [4.69, 9.17) is 0 Å². The van der Waals surface area contributed by atoms with E-state index < -0.39 is 16.6 Å². The molecule has 0 aliphatic carbocycles. The number of aromatic nitrogens is 2. The first kappa shape index (κ1) is 21.2. The van der Waals surface area contributed by atoms with Gasteiger partial charge < -0.3 is 5.32 Å². The van der Waals surface area contributed by atoms with Gasteiger partial charge in [0.2, 0.25) is 5.91 Å². The van der Waals surface area contributed by atoms with E-state index in [0.717, 1.165) is 11.8 Å². The zero-order valence-corrected chi connectivity index (χ0v) is 17.2. The molecule has 0 spiro atoms. The Bertz CT molecular complexity index is 1390. The van der Waals surface area contributed by atoms with Gasteiger partial charge in [-0.05, 0) is 42.5 Å². The summed E-state index contributed by atoms with van der Waals surface area (Å²) in [5, 5.41) is 14.3. The van der Waals surface area contributed by atoms with Crippen LogP contribution in [-0.4, -0.2) is 26.1 Å². The Kier molecular flexibility index (Phi) is 5.95. The number of halogens is 1. The minimum absolute atomic E-state index is 0.0745. The summed E-state index contributed by atoms with van der Waals surface area (Å²) in [4.78, 5) is 40.7. The molecule has 10 heteroatoms. The van der Waals surface area contributed by atoms with E-state index in [1.165, 1.54) is 47.0 Å². The van der Waals surface area contributed by atoms with Gasteiger partial charge in [0.1, 0.15) is 11.5 Å². The van der Waals surface area contributed by atoms with Crippen LogP contribution in [0.15, 0.2) is 82.7 Å². The number of fused-ring (bicyclic) bond motifs is 1. The maximum absolute atomic E-state index is 13.4. The molecule has 4 rings (SSSR count). The Morgan fingerprint density at radius 1 is 1.06 bits per heavy atom. The lowest BCUT2D eigenvalue weighted by Gasteiger charge is -2.13. The molecule has 4 aromatic rings.